The van der Waals surface area contributed by atoms with Crippen molar-refractivity contribution in [2.45, 2.75) is 20.3 Å². The Labute approximate surface area is 76.2 Å². The summed E-state index contributed by atoms with van der Waals surface area (Å²) in [6.07, 6.45) is 3.15. The molecule has 0 bridgehead atoms. The Hall–Kier alpha value is -1.58. The Morgan fingerprint density at radius 3 is 1.85 bits per heavy atom. The van der Waals surface area contributed by atoms with Crippen molar-refractivity contribution in [3.63, 3.8) is 0 Å². The average Bonchev–Trinajstić information content (AvgIpc) is 2.03. The third-order valence-electron chi connectivity index (χ3n) is 1.45. The van der Waals surface area contributed by atoms with E-state index in [9.17, 15) is 9.59 Å². The van der Waals surface area contributed by atoms with Crippen molar-refractivity contribution in [2.24, 2.45) is 0 Å². The van der Waals surface area contributed by atoms with Gasteiger partial charge in [0.1, 0.15) is 0 Å². The predicted octanol–water partition coefficient (Wildman–Crippen LogP) is 1.44. The number of hydrogen-bond donors (Lipinski definition) is 2. The molecular weight excluding hydrogens is 172 g/mol. The van der Waals surface area contributed by atoms with Gasteiger partial charge in [0.05, 0.1) is 11.1 Å². The zero-order chi connectivity index (χ0) is 10.4. The average molecular weight is 184 g/mol. The van der Waals surface area contributed by atoms with Crippen molar-refractivity contribution >= 4 is 11.9 Å². The summed E-state index contributed by atoms with van der Waals surface area (Å²) in [5, 5.41) is 17.3. The molecule has 0 amide bonds. The van der Waals surface area contributed by atoms with E-state index in [1.807, 2.05) is 0 Å². The van der Waals surface area contributed by atoms with E-state index in [1.165, 1.54) is 19.1 Å². The van der Waals surface area contributed by atoms with Crippen LogP contribution in [-0.4, -0.2) is 22.2 Å². The van der Waals surface area contributed by atoms with Crippen LogP contribution in [0.4, 0.5) is 0 Å². The molecule has 0 aromatic heterocycles. The maximum absolute atomic E-state index is 10.6. The van der Waals surface area contributed by atoms with Gasteiger partial charge in [-0.2, -0.15) is 0 Å². The number of hydrogen-bond acceptors (Lipinski definition) is 2. The molecule has 4 heteroatoms. The van der Waals surface area contributed by atoms with Crippen LogP contribution in [0.5, 0.6) is 0 Å². The largest absolute Gasteiger partial charge is 0.478 e. The molecule has 4 nitrogen and oxygen atoms in total. The van der Waals surface area contributed by atoms with Crippen LogP contribution in [0.15, 0.2) is 23.3 Å². The van der Waals surface area contributed by atoms with Crippen LogP contribution in [0.2, 0.25) is 0 Å². The highest BCUT2D eigenvalue weighted by Gasteiger charge is 2.17. The van der Waals surface area contributed by atoms with Crippen LogP contribution >= 0.6 is 0 Å². The van der Waals surface area contributed by atoms with Crippen molar-refractivity contribution in [1.29, 1.82) is 0 Å². The second-order valence-electron chi connectivity index (χ2n) is 2.34. The third kappa shape index (κ3) is 3.11. The van der Waals surface area contributed by atoms with Gasteiger partial charge >= 0.3 is 11.9 Å². The zero-order valence-corrected chi connectivity index (χ0v) is 7.57. The van der Waals surface area contributed by atoms with Gasteiger partial charge in [0.15, 0.2) is 0 Å². The summed E-state index contributed by atoms with van der Waals surface area (Å²) >= 11 is 0. The topological polar surface area (TPSA) is 74.6 Å². The van der Waals surface area contributed by atoms with E-state index in [-0.39, 0.29) is 11.1 Å². The minimum absolute atomic E-state index is 0.155. The lowest BCUT2D eigenvalue weighted by atomic mass is 10.1. The number of allylic oxidation sites excluding steroid dienone is 2. The van der Waals surface area contributed by atoms with E-state index in [4.69, 9.17) is 10.2 Å². The lowest BCUT2D eigenvalue weighted by Gasteiger charge is -2.01. The van der Waals surface area contributed by atoms with E-state index in [0.29, 0.717) is 6.42 Å². The summed E-state index contributed by atoms with van der Waals surface area (Å²) in [6, 6.07) is 0. The maximum Gasteiger partial charge on any atom is 0.336 e. The lowest BCUT2D eigenvalue weighted by molar-refractivity contribution is -0.136. The Morgan fingerprint density at radius 2 is 1.62 bits per heavy atom. The normalized spacial score (nSPS) is 12.8. The second-order valence-corrected chi connectivity index (χ2v) is 2.34. The molecule has 0 aliphatic rings. The minimum atomic E-state index is -1.22. The maximum atomic E-state index is 10.6. The van der Waals surface area contributed by atoms with Crippen molar-refractivity contribution in [1.82, 2.24) is 0 Å². The van der Waals surface area contributed by atoms with Crippen molar-refractivity contribution in [3.8, 4) is 0 Å². The summed E-state index contributed by atoms with van der Waals surface area (Å²) < 4.78 is 0. The molecule has 0 atom stereocenters. The number of carboxylic acid groups (broad SMARTS) is 2. The summed E-state index contributed by atoms with van der Waals surface area (Å²) in [5.74, 6) is -2.43. The molecule has 0 heterocycles. The van der Waals surface area contributed by atoms with E-state index in [1.54, 1.807) is 6.92 Å². The molecule has 0 aromatic carbocycles. The van der Waals surface area contributed by atoms with Gasteiger partial charge in [0.2, 0.25) is 0 Å². The van der Waals surface area contributed by atoms with Crippen LogP contribution in [0.25, 0.3) is 0 Å². The molecule has 13 heavy (non-hydrogen) atoms. The predicted molar refractivity (Wildman–Crippen MR) is 47.4 cm³/mol. The van der Waals surface area contributed by atoms with Gasteiger partial charge in [-0.05, 0) is 13.3 Å². The highest BCUT2D eigenvalue weighted by Crippen LogP contribution is 2.11. The van der Waals surface area contributed by atoms with Gasteiger partial charge in [-0.25, -0.2) is 9.59 Å². The molecular formula is C9H12O4. The first-order valence-electron chi connectivity index (χ1n) is 3.88. The van der Waals surface area contributed by atoms with Crippen molar-refractivity contribution in [3.05, 3.63) is 23.3 Å². The molecule has 0 aliphatic carbocycles. The Balaban J connectivity index is 5.06. The lowest BCUT2D eigenvalue weighted by Crippen LogP contribution is -2.11. The quantitative estimate of drug-likeness (QED) is 0.512. The molecule has 72 valence electrons. The second kappa shape index (κ2) is 5.13. The van der Waals surface area contributed by atoms with E-state index in [0.717, 1.165) is 0 Å². The molecule has 0 spiro atoms. The third-order valence-corrected chi connectivity index (χ3v) is 1.45. The monoisotopic (exact) mass is 184 g/mol. The molecule has 0 unspecified atom stereocenters. The number of carboxylic acids is 2. The Bertz CT molecular complexity index is 273. The highest BCUT2D eigenvalue weighted by atomic mass is 16.4. The molecule has 0 aliphatic heterocycles. The molecule has 0 rings (SSSR count). The molecule has 0 radical (unpaired) electrons. The summed E-state index contributed by atoms with van der Waals surface area (Å²) in [6.45, 7) is 3.24. The molecule has 0 saturated heterocycles. The van der Waals surface area contributed by atoms with Crippen LogP contribution in [0.3, 0.4) is 0 Å². The number of aliphatic carboxylic acids is 2. The smallest absolute Gasteiger partial charge is 0.336 e. The fourth-order valence-corrected chi connectivity index (χ4v) is 0.911. The van der Waals surface area contributed by atoms with Gasteiger partial charge in [0, 0.05) is 0 Å². The summed E-state index contributed by atoms with van der Waals surface area (Å²) in [4.78, 5) is 21.2. The minimum Gasteiger partial charge on any atom is -0.478 e. The van der Waals surface area contributed by atoms with Gasteiger partial charge in [-0.1, -0.05) is 19.1 Å². The molecule has 0 saturated carbocycles. The number of rotatable bonds is 4. The van der Waals surface area contributed by atoms with E-state index < -0.39 is 11.9 Å². The fourth-order valence-electron chi connectivity index (χ4n) is 0.911. The van der Waals surface area contributed by atoms with Gasteiger partial charge in [-0.3, -0.25) is 0 Å². The Kier molecular flexibility index (Phi) is 4.51. The summed E-state index contributed by atoms with van der Waals surface area (Å²) in [5.41, 5.74) is -0.327. The van der Waals surface area contributed by atoms with Crippen LogP contribution in [0.1, 0.15) is 20.3 Å². The first-order chi connectivity index (χ1) is 6.04. The Morgan fingerprint density at radius 1 is 1.15 bits per heavy atom. The first kappa shape index (κ1) is 11.4. The van der Waals surface area contributed by atoms with Crippen LogP contribution in [-0.2, 0) is 9.59 Å². The fraction of sp³-hybridized carbons (Fsp3) is 0.333. The van der Waals surface area contributed by atoms with Crippen LogP contribution in [0, 0.1) is 0 Å². The van der Waals surface area contributed by atoms with Crippen molar-refractivity contribution in [2.75, 3.05) is 0 Å². The first-order valence-corrected chi connectivity index (χ1v) is 3.88. The van der Waals surface area contributed by atoms with Gasteiger partial charge < -0.3 is 10.2 Å². The number of carbonyl (C=O) groups is 2. The van der Waals surface area contributed by atoms with Gasteiger partial charge in [0.25, 0.3) is 0 Å². The summed E-state index contributed by atoms with van der Waals surface area (Å²) in [7, 11) is 0. The molecule has 0 aromatic rings. The SMILES string of the molecule is CC=C(C(=O)O)C(=CCC)C(=O)O. The van der Waals surface area contributed by atoms with Gasteiger partial charge in [-0.15, -0.1) is 0 Å². The van der Waals surface area contributed by atoms with E-state index >= 15 is 0 Å². The van der Waals surface area contributed by atoms with Crippen molar-refractivity contribution < 1.29 is 19.8 Å². The zero-order valence-electron chi connectivity index (χ0n) is 7.57. The molecule has 0 fully saturated rings. The molecule has 2 N–H and O–H groups in total. The van der Waals surface area contributed by atoms with Crippen LogP contribution < -0.4 is 0 Å². The van der Waals surface area contributed by atoms with E-state index in [2.05, 4.69) is 0 Å². The highest BCUT2D eigenvalue weighted by molar-refractivity contribution is 6.05. The standard InChI is InChI=1S/C9H12O4/c1-3-5-7(9(12)13)6(4-2)8(10)11/h4-5H,3H2,1-2H3,(H,10,11)(H,12,13).